The largest absolute Gasteiger partial charge is 0.469 e. The zero-order valence-corrected chi connectivity index (χ0v) is 14.4. The number of benzene rings is 1. The van der Waals surface area contributed by atoms with Gasteiger partial charge in [0, 0.05) is 6.54 Å². The lowest BCUT2D eigenvalue weighted by Gasteiger charge is -2.22. The van der Waals surface area contributed by atoms with Crippen LogP contribution in [0.4, 0.5) is 5.69 Å². The highest BCUT2D eigenvalue weighted by atomic mass is 35.5. The molecule has 0 fully saturated rings. The van der Waals surface area contributed by atoms with Gasteiger partial charge in [-0.3, -0.25) is 14.5 Å². The Morgan fingerprint density at radius 1 is 1.32 bits per heavy atom. The number of ether oxygens (including phenoxy) is 1. The molecule has 0 spiro atoms. The van der Waals surface area contributed by atoms with Crippen molar-refractivity contribution in [1.82, 2.24) is 4.90 Å². The lowest BCUT2D eigenvalue weighted by Crippen LogP contribution is -2.38. The fourth-order valence-corrected chi connectivity index (χ4v) is 2.46. The Hall–Kier alpha value is -1.30. The smallest absolute Gasteiger partial charge is 0.309 e. The molecule has 0 bridgehead atoms. The first-order chi connectivity index (χ1) is 10.4. The fourth-order valence-electron chi connectivity index (χ4n) is 1.97. The van der Waals surface area contributed by atoms with Gasteiger partial charge >= 0.3 is 5.97 Å². The number of hydrogen-bond donors (Lipinski definition) is 1. The van der Waals surface area contributed by atoms with E-state index in [0.717, 1.165) is 0 Å². The normalized spacial score (nSPS) is 12.1. The summed E-state index contributed by atoms with van der Waals surface area (Å²) < 4.78 is 4.69. The summed E-state index contributed by atoms with van der Waals surface area (Å²) in [5.41, 5.74) is 0.396. The maximum absolute atomic E-state index is 12.1. The second kappa shape index (κ2) is 8.98. The van der Waals surface area contributed by atoms with Crippen LogP contribution in [0.2, 0.25) is 10.0 Å². The third-order valence-corrected chi connectivity index (χ3v) is 3.81. The quantitative estimate of drug-likeness (QED) is 0.770. The molecule has 22 heavy (non-hydrogen) atoms. The van der Waals surface area contributed by atoms with E-state index >= 15 is 0 Å². The minimum Gasteiger partial charge on any atom is -0.469 e. The van der Waals surface area contributed by atoms with Crippen molar-refractivity contribution in [2.24, 2.45) is 5.92 Å². The highest BCUT2D eigenvalue weighted by Crippen LogP contribution is 2.29. The van der Waals surface area contributed by atoms with E-state index in [2.05, 4.69) is 10.1 Å². The molecule has 0 saturated heterocycles. The molecule has 122 valence electrons. The highest BCUT2D eigenvalue weighted by Gasteiger charge is 2.19. The molecule has 1 aromatic carbocycles. The lowest BCUT2D eigenvalue weighted by molar-refractivity contribution is -0.145. The van der Waals surface area contributed by atoms with Crippen LogP contribution in [-0.4, -0.2) is 43.5 Å². The van der Waals surface area contributed by atoms with Crippen LogP contribution >= 0.6 is 23.2 Å². The molecule has 0 aliphatic heterocycles. The number of amides is 1. The van der Waals surface area contributed by atoms with Crippen LogP contribution in [0.25, 0.3) is 0 Å². The number of para-hydroxylation sites is 1. The summed E-state index contributed by atoms with van der Waals surface area (Å²) in [6.45, 7) is 4.88. The standard InChI is InChI=1S/C15H20Cl2N2O3/c1-4-19(8-10(2)15(21)22-3)9-13(20)18-14-11(16)6-5-7-12(14)17/h5-7,10H,4,8-9H2,1-3H3,(H,18,20)/t10-/m0/s1. The summed E-state index contributed by atoms with van der Waals surface area (Å²) >= 11 is 12.0. The summed E-state index contributed by atoms with van der Waals surface area (Å²) in [6.07, 6.45) is 0. The van der Waals surface area contributed by atoms with E-state index in [4.69, 9.17) is 23.2 Å². The molecule has 0 heterocycles. The zero-order valence-electron chi connectivity index (χ0n) is 12.9. The number of rotatable bonds is 7. The molecular weight excluding hydrogens is 327 g/mol. The molecule has 0 radical (unpaired) electrons. The number of carbonyl (C=O) groups is 2. The molecule has 0 saturated carbocycles. The zero-order chi connectivity index (χ0) is 16.7. The highest BCUT2D eigenvalue weighted by molar-refractivity contribution is 6.39. The lowest BCUT2D eigenvalue weighted by atomic mass is 10.1. The summed E-state index contributed by atoms with van der Waals surface area (Å²) in [5.74, 6) is -0.844. The molecule has 1 rings (SSSR count). The van der Waals surface area contributed by atoms with Crippen LogP contribution in [-0.2, 0) is 14.3 Å². The average molecular weight is 347 g/mol. The molecule has 1 amide bonds. The molecule has 1 N–H and O–H groups in total. The van der Waals surface area contributed by atoms with Gasteiger partial charge in [0.15, 0.2) is 0 Å². The van der Waals surface area contributed by atoms with Gasteiger partial charge in [0.2, 0.25) is 5.91 Å². The van der Waals surface area contributed by atoms with Gasteiger partial charge in [-0.25, -0.2) is 0 Å². The number of esters is 1. The molecular formula is C15H20Cl2N2O3. The first-order valence-corrected chi connectivity index (χ1v) is 7.68. The molecule has 1 aromatic rings. The van der Waals surface area contributed by atoms with Crippen molar-refractivity contribution < 1.29 is 14.3 Å². The van der Waals surface area contributed by atoms with Gasteiger partial charge in [-0.05, 0) is 18.7 Å². The van der Waals surface area contributed by atoms with Crippen molar-refractivity contribution in [3.8, 4) is 0 Å². The first-order valence-electron chi connectivity index (χ1n) is 6.93. The molecule has 5 nitrogen and oxygen atoms in total. The molecule has 0 aliphatic rings. The number of halogens is 2. The van der Waals surface area contributed by atoms with Crippen LogP contribution < -0.4 is 5.32 Å². The fraction of sp³-hybridized carbons (Fsp3) is 0.467. The first kappa shape index (κ1) is 18.7. The van der Waals surface area contributed by atoms with E-state index in [9.17, 15) is 9.59 Å². The predicted molar refractivity (Wildman–Crippen MR) is 88.4 cm³/mol. The van der Waals surface area contributed by atoms with Gasteiger partial charge in [-0.1, -0.05) is 43.1 Å². The minimum atomic E-state index is -0.304. The predicted octanol–water partition coefficient (Wildman–Crippen LogP) is 3.06. The average Bonchev–Trinajstić information content (AvgIpc) is 2.49. The van der Waals surface area contributed by atoms with Crippen LogP contribution in [0.3, 0.4) is 0 Å². The number of hydrogen-bond acceptors (Lipinski definition) is 4. The maximum atomic E-state index is 12.1. The topological polar surface area (TPSA) is 58.6 Å². The number of methoxy groups -OCH3 is 1. The van der Waals surface area contributed by atoms with Crippen LogP contribution in [0.1, 0.15) is 13.8 Å². The van der Waals surface area contributed by atoms with Gasteiger partial charge in [-0.2, -0.15) is 0 Å². The van der Waals surface area contributed by atoms with E-state index in [1.807, 2.05) is 11.8 Å². The van der Waals surface area contributed by atoms with Crippen molar-refractivity contribution in [2.45, 2.75) is 13.8 Å². The van der Waals surface area contributed by atoms with Crippen molar-refractivity contribution in [2.75, 3.05) is 32.1 Å². The summed E-state index contributed by atoms with van der Waals surface area (Å²) in [4.78, 5) is 25.4. The van der Waals surface area contributed by atoms with Gasteiger partial charge in [0.25, 0.3) is 0 Å². The third-order valence-electron chi connectivity index (χ3n) is 3.18. The molecule has 1 atom stereocenters. The van der Waals surface area contributed by atoms with E-state index in [0.29, 0.717) is 28.8 Å². The van der Waals surface area contributed by atoms with Gasteiger partial charge in [-0.15, -0.1) is 0 Å². The number of nitrogens with zero attached hydrogens (tertiary/aromatic N) is 1. The second-order valence-corrected chi connectivity index (χ2v) is 5.71. The Balaban J connectivity index is 2.64. The Morgan fingerprint density at radius 3 is 2.41 bits per heavy atom. The number of likely N-dealkylation sites (N-methyl/N-ethyl adjacent to an activating group) is 1. The second-order valence-electron chi connectivity index (χ2n) is 4.90. The maximum Gasteiger partial charge on any atom is 0.309 e. The van der Waals surface area contributed by atoms with Crippen molar-refractivity contribution in [1.29, 1.82) is 0 Å². The molecule has 0 aliphatic carbocycles. The Bertz CT molecular complexity index is 517. The summed E-state index contributed by atoms with van der Waals surface area (Å²) in [5, 5.41) is 3.46. The monoisotopic (exact) mass is 346 g/mol. The Labute approximate surface area is 140 Å². The van der Waals surface area contributed by atoms with Crippen LogP contribution in [0.5, 0.6) is 0 Å². The Morgan fingerprint density at radius 2 is 1.91 bits per heavy atom. The van der Waals surface area contributed by atoms with Crippen molar-refractivity contribution in [3.05, 3.63) is 28.2 Å². The summed E-state index contributed by atoms with van der Waals surface area (Å²) in [7, 11) is 1.35. The van der Waals surface area contributed by atoms with Gasteiger partial charge in [0.05, 0.1) is 35.3 Å². The van der Waals surface area contributed by atoms with E-state index < -0.39 is 0 Å². The number of anilines is 1. The molecule has 7 heteroatoms. The number of nitrogens with one attached hydrogen (secondary N) is 1. The third kappa shape index (κ3) is 5.48. The van der Waals surface area contributed by atoms with Gasteiger partial charge < -0.3 is 10.1 Å². The van der Waals surface area contributed by atoms with Crippen LogP contribution in [0.15, 0.2) is 18.2 Å². The van der Waals surface area contributed by atoms with Crippen LogP contribution in [0, 0.1) is 5.92 Å². The molecule has 0 unspecified atom stereocenters. The van der Waals surface area contributed by atoms with Crippen molar-refractivity contribution >= 4 is 40.8 Å². The molecule has 0 aromatic heterocycles. The van der Waals surface area contributed by atoms with E-state index in [1.54, 1.807) is 25.1 Å². The summed E-state index contributed by atoms with van der Waals surface area (Å²) in [6, 6.07) is 5.01. The van der Waals surface area contributed by atoms with E-state index in [-0.39, 0.29) is 24.3 Å². The van der Waals surface area contributed by atoms with E-state index in [1.165, 1.54) is 7.11 Å². The SMILES string of the molecule is CCN(CC(=O)Nc1c(Cl)cccc1Cl)C[C@H](C)C(=O)OC. The van der Waals surface area contributed by atoms with Crippen molar-refractivity contribution in [3.63, 3.8) is 0 Å². The Kier molecular flexibility index (Phi) is 7.65. The van der Waals surface area contributed by atoms with Gasteiger partial charge in [0.1, 0.15) is 0 Å². The minimum absolute atomic E-state index is 0.138. The number of carbonyl (C=O) groups excluding carboxylic acids is 2.